The van der Waals surface area contributed by atoms with Crippen molar-refractivity contribution in [3.05, 3.63) is 45.2 Å². The van der Waals surface area contributed by atoms with Gasteiger partial charge in [-0.15, -0.1) is 5.10 Å². The van der Waals surface area contributed by atoms with E-state index in [1.54, 1.807) is 16.8 Å². The second-order valence-electron chi connectivity index (χ2n) is 4.65. The van der Waals surface area contributed by atoms with Crippen molar-refractivity contribution in [3.8, 4) is 0 Å². The Labute approximate surface area is 120 Å². The van der Waals surface area contributed by atoms with Crippen LogP contribution in [0.5, 0.6) is 0 Å². The minimum absolute atomic E-state index is 0.404. The number of nitrogens with zero attached hydrogens (tertiary/aromatic N) is 3. The summed E-state index contributed by atoms with van der Waals surface area (Å²) < 4.78 is 1.76. The first-order valence-corrected chi connectivity index (χ1v) is 6.77. The summed E-state index contributed by atoms with van der Waals surface area (Å²) in [6.07, 6.45) is 2.94. The number of hydrogen-bond acceptors (Lipinski definition) is 3. The van der Waals surface area contributed by atoms with E-state index in [-0.39, 0.29) is 0 Å². The van der Waals surface area contributed by atoms with Crippen LogP contribution in [0, 0.1) is 0 Å². The fourth-order valence-electron chi connectivity index (χ4n) is 2.12. The van der Waals surface area contributed by atoms with Gasteiger partial charge in [-0.05, 0) is 30.5 Å². The second-order valence-corrected chi connectivity index (χ2v) is 5.49. The summed E-state index contributed by atoms with van der Waals surface area (Å²) in [4.78, 5) is 11.0. The third kappa shape index (κ3) is 2.51. The SMILES string of the molecule is O=Cc1nnn(Cc2ccc(Cl)cc2Cl)c1C1CC1. The molecule has 0 N–H and O–H groups in total. The number of aldehydes is 1. The zero-order valence-corrected chi connectivity index (χ0v) is 11.5. The van der Waals surface area contributed by atoms with Crippen LogP contribution in [0.3, 0.4) is 0 Å². The standard InChI is InChI=1S/C13H11Cl2N3O/c14-10-4-3-9(11(15)5-10)6-18-13(8-1-2-8)12(7-19)16-17-18/h3-5,7-8H,1-2,6H2. The van der Waals surface area contributed by atoms with Gasteiger partial charge in [-0.1, -0.05) is 34.5 Å². The van der Waals surface area contributed by atoms with Crippen molar-refractivity contribution in [2.24, 2.45) is 0 Å². The molecule has 98 valence electrons. The Bertz CT molecular complexity index is 635. The third-order valence-corrected chi connectivity index (χ3v) is 3.80. The number of benzene rings is 1. The first-order chi connectivity index (χ1) is 9.19. The van der Waals surface area contributed by atoms with E-state index in [4.69, 9.17) is 23.2 Å². The van der Waals surface area contributed by atoms with E-state index in [9.17, 15) is 4.79 Å². The highest BCUT2D eigenvalue weighted by Crippen LogP contribution is 2.41. The fraction of sp³-hybridized carbons (Fsp3) is 0.308. The minimum Gasteiger partial charge on any atom is -0.296 e. The molecule has 1 aromatic heterocycles. The van der Waals surface area contributed by atoms with Crippen LogP contribution >= 0.6 is 23.2 Å². The van der Waals surface area contributed by atoms with Gasteiger partial charge in [-0.3, -0.25) is 4.79 Å². The van der Waals surface area contributed by atoms with Gasteiger partial charge in [0, 0.05) is 16.0 Å². The predicted octanol–water partition coefficient (Wildman–Crippen LogP) is 3.32. The lowest BCUT2D eigenvalue weighted by Crippen LogP contribution is -2.07. The lowest BCUT2D eigenvalue weighted by Gasteiger charge is -2.08. The number of carbonyl (C=O) groups excluding carboxylic acids is 1. The van der Waals surface area contributed by atoms with Crippen LogP contribution in [0.4, 0.5) is 0 Å². The summed E-state index contributed by atoms with van der Waals surface area (Å²) in [6.45, 7) is 0.503. The summed E-state index contributed by atoms with van der Waals surface area (Å²) in [6, 6.07) is 5.35. The third-order valence-electron chi connectivity index (χ3n) is 3.21. The number of halogens is 2. The smallest absolute Gasteiger partial charge is 0.172 e. The van der Waals surface area contributed by atoms with Crippen LogP contribution in [-0.4, -0.2) is 21.3 Å². The van der Waals surface area contributed by atoms with Crippen molar-refractivity contribution in [2.45, 2.75) is 25.3 Å². The molecule has 0 unspecified atom stereocenters. The molecule has 0 aliphatic heterocycles. The fourth-order valence-corrected chi connectivity index (χ4v) is 2.59. The van der Waals surface area contributed by atoms with Crippen LogP contribution in [0.2, 0.25) is 10.0 Å². The maximum atomic E-state index is 11.0. The molecule has 0 saturated heterocycles. The summed E-state index contributed by atoms with van der Waals surface area (Å²) >= 11 is 12.0. The molecule has 1 aliphatic rings. The normalized spacial score (nSPS) is 14.6. The lowest BCUT2D eigenvalue weighted by molar-refractivity contribution is 0.111. The van der Waals surface area contributed by atoms with Gasteiger partial charge in [0.05, 0.1) is 12.2 Å². The zero-order valence-electron chi connectivity index (χ0n) is 10.0. The van der Waals surface area contributed by atoms with E-state index < -0.39 is 0 Å². The van der Waals surface area contributed by atoms with Crippen LogP contribution in [0.15, 0.2) is 18.2 Å². The molecular weight excluding hydrogens is 285 g/mol. The number of hydrogen-bond donors (Lipinski definition) is 0. The molecule has 1 fully saturated rings. The molecule has 4 nitrogen and oxygen atoms in total. The van der Waals surface area contributed by atoms with Crippen LogP contribution in [0.25, 0.3) is 0 Å². The van der Waals surface area contributed by atoms with Gasteiger partial charge in [0.25, 0.3) is 0 Å². The van der Waals surface area contributed by atoms with E-state index in [2.05, 4.69) is 10.3 Å². The predicted molar refractivity (Wildman–Crippen MR) is 72.9 cm³/mol. The Balaban J connectivity index is 1.94. The van der Waals surface area contributed by atoms with Gasteiger partial charge < -0.3 is 0 Å². The number of carbonyl (C=O) groups is 1. The highest BCUT2D eigenvalue weighted by Gasteiger charge is 2.31. The minimum atomic E-state index is 0.404. The molecule has 2 aromatic rings. The summed E-state index contributed by atoms with van der Waals surface area (Å²) in [5.74, 6) is 0.404. The molecule has 1 heterocycles. The highest BCUT2D eigenvalue weighted by molar-refractivity contribution is 6.35. The quantitative estimate of drug-likeness (QED) is 0.813. The van der Waals surface area contributed by atoms with Crippen molar-refractivity contribution in [1.82, 2.24) is 15.0 Å². The average Bonchev–Trinajstić information content (AvgIpc) is 3.14. The van der Waals surface area contributed by atoms with Gasteiger partial charge in [0.1, 0.15) is 5.69 Å². The summed E-state index contributed by atoms with van der Waals surface area (Å²) in [5.41, 5.74) is 2.27. The molecule has 0 bridgehead atoms. The Morgan fingerprint density at radius 1 is 1.37 bits per heavy atom. The first-order valence-electron chi connectivity index (χ1n) is 6.01. The Kier molecular flexibility index (Phi) is 3.29. The van der Waals surface area contributed by atoms with E-state index in [0.29, 0.717) is 28.2 Å². The molecule has 0 amide bonds. The van der Waals surface area contributed by atoms with Crippen LogP contribution in [-0.2, 0) is 6.54 Å². The van der Waals surface area contributed by atoms with Gasteiger partial charge >= 0.3 is 0 Å². The van der Waals surface area contributed by atoms with Gasteiger partial charge in [0.15, 0.2) is 6.29 Å². The van der Waals surface area contributed by atoms with Crippen molar-refractivity contribution >= 4 is 29.5 Å². The van der Waals surface area contributed by atoms with Gasteiger partial charge in [-0.2, -0.15) is 0 Å². The maximum absolute atomic E-state index is 11.0. The molecule has 6 heteroatoms. The molecule has 0 radical (unpaired) electrons. The Hall–Kier alpha value is -1.39. The number of aromatic nitrogens is 3. The van der Waals surface area contributed by atoms with Gasteiger partial charge in [0.2, 0.25) is 0 Å². The molecule has 1 saturated carbocycles. The molecule has 19 heavy (non-hydrogen) atoms. The molecule has 1 aliphatic carbocycles. The summed E-state index contributed by atoms with van der Waals surface area (Å²) in [5, 5.41) is 9.16. The van der Waals surface area contributed by atoms with Crippen LogP contribution < -0.4 is 0 Å². The zero-order chi connectivity index (χ0) is 13.4. The number of rotatable bonds is 4. The Morgan fingerprint density at radius 3 is 2.79 bits per heavy atom. The van der Waals surface area contributed by atoms with E-state index in [1.165, 1.54) is 0 Å². The van der Waals surface area contributed by atoms with Crippen molar-refractivity contribution in [1.29, 1.82) is 0 Å². The monoisotopic (exact) mass is 295 g/mol. The van der Waals surface area contributed by atoms with Crippen molar-refractivity contribution < 1.29 is 4.79 Å². The largest absolute Gasteiger partial charge is 0.296 e. The molecule has 0 atom stereocenters. The average molecular weight is 296 g/mol. The lowest BCUT2D eigenvalue weighted by atomic mass is 10.2. The van der Waals surface area contributed by atoms with Gasteiger partial charge in [-0.25, -0.2) is 4.68 Å². The van der Waals surface area contributed by atoms with Crippen LogP contribution in [0.1, 0.15) is 40.5 Å². The Morgan fingerprint density at radius 2 is 2.16 bits per heavy atom. The van der Waals surface area contributed by atoms with E-state index >= 15 is 0 Å². The topological polar surface area (TPSA) is 47.8 Å². The molecule has 1 aromatic carbocycles. The van der Waals surface area contributed by atoms with Crippen molar-refractivity contribution in [2.75, 3.05) is 0 Å². The highest BCUT2D eigenvalue weighted by atomic mass is 35.5. The van der Waals surface area contributed by atoms with E-state index in [1.807, 2.05) is 6.07 Å². The molecule has 3 rings (SSSR count). The molecule has 0 spiro atoms. The molecular formula is C13H11Cl2N3O. The summed E-state index contributed by atoms with van der Waals surface area (Å²) in [7, 11) is 0. The second kappa shape index (κ2) is 4.94. The maximum Gasteiger partial charge on any atom is 0.172 e. The van der Waals surface area contributed by atoms with E-state index in [0.717, 1.165) is 30.4 Å². The van der Waals surface area contributed by atoms with Crippen molar-refractivity contribution in [3.63, 3.8) is 0 Å². The first kappa shape index (κ1) is 12.6.